The topological polar surface area (TPSA) is 104 Å². The van der Waals surface area contributed by atoms with Crippen molar-refractivity contribution in [2.75, 3.05) is 39.3 Å². The van der Waals surface area contributed by atoms with Gasteiger partial charge in [0, 0.05) is 45.3 Å². The standard InChI is InChI=1S/C25H26ClF3N6O4/c26-19-14-16(4-5-21(19)39-25(27,28)29)15-38-24(37)35-8-6-17(7-9-35)33-10-12-34(13-11-33)23(36)18-2-1-3-20-22(18)31-32-30-20/h1-5,14,17H,6-13,15H2,(H,30,31,32). The van der Waals surface area contributed by atoms with Crippen LogP contribution in [0, 0.1) is 0 Å². The van der Waals surface area contributed by atoms with Gasteiger partial charge in [0.15, 0.2) is 0 Å². The van der Waals surface area contributed by atoms with Crippen LogP contribution in [-0.4, -0.2) is 93.8 Å². The summed E-state index contributed by atoms with van der Waals surface area (Å²) in [5.41, 5.74) is 2.28. The minimum atomic E-state index is -4.84. The number of aromatic amines is 1. The fourth-order valence-corrected chi connectivity index (χ4v) is 5.24. The Morgan fingerprint density at radius 2 is 1.77 bits per heavy atom. The number of benzene rings is 2. The number of hydrogen-bond donors (Lipinski definition) is 1. The van der Waals surface area contributed by atoms with E-state index in [0.29, 0.717) is 48.9 Å². The maximum absolute atomic E-state index is 13.1. The summed E-state index contributed by atoms with van der Waals surface area (Å²) in [6.07, 6.45) is -3.78. The third-order valence-electron chi connectivity index (χ3n) is 7.01. The van der Waals surface area contributed by atoms with E-state index in [1.54, 1.807) is 11.0 Å². The fourth-order valence-electron chi connectivity index (χ4n) is 4.99. The van der Waals surface area contributed by atoms with Crippen LogP contribution in [0.25, 0.3) is 11.0 Å². The van der Waals surface area contributed by atoms with Gasteiger partial charge in [0.25, 0.3) is 5.91 Å². The van der Waals surface area contributed by atoms with E-state index in [1.807, 2.05) is 17.0 Å². The molecule has 0 bridgehead atoms. The number of carbonyl (C=O) groups excluding carboxylic acids is 2. The number of amides is 2. The third kappa shape index (κ3) is 6.36. The number of H-pyrrole nitrogens is 1. The molecule has 0 unspecified atom stereocenters. The second-order valence-corrected chi connectivity index (χ2v) is 9.83. The summed E-state index contributed by atoms with van der Waals surface area (Å²) >= 11 is 5.86. The Morgan fingerprint density at radius 3 is 2.46 bits per heavy atom. The number of nitrogens with one attached hydrogen (secondary N) is 1. The predicted molar refractivity (Wildman–Crippen MR) is 134 cm³/mol. The predicted octanol–water partition coefficient (Wildman–Crippen LogP) is 4.07. The lowest BCUT2D eigenvalue weighted by Crippen LogP contribution is -2.54. The molecule has 2 aliphatic heterocycles. The normalized spacial score (nSPS) is 17.4. The van der Waals surface area contributed by atoms with Gasteiger partial charge in [0.2, 0.25) is 0 Å². The molecule has 0 atom stereocenters. The zero-order valence-electron chi connectivity index (χ0n) is 20.8. The number of carbonyl (C=O) groups is 2. The Bertz CT molecular complexity index is 1340. The first-order chi connectivity index (χ1) is 18.7. The van der Waals surface area contributed by atoms with E-state index in [-0.39, 0.29) is 17.5 Å². The molecule has 39 heavy (non-hydrogen) atoms. The molecule has 2 amide bonds. The lowest BCUT2D eigenvalue weighted by atomic mass is 10.0. The highest BCUT2D eigenvalue weighted by Crippen LogP contribution is 2.31. The summed E-state index contributed by atoms with van der Waals surface area (Å²) in [4.78, 5) is 31.4. The van der Waals surface area contributed by atoms with Crippen molar-refractivity contribution in [1.82, 2.24) is 30.1 Å². The molecule has 0 radical (unpaired) electrons. The van der Waals surface area contributed by atoms with Crippen molar-refractivity contribution in [3.8, 4) is 5.75 Å². The average Bonchev–Trinajstić information content (AvgIpc) is 3.41. The van der Waals surface area contributed by atoms with Gasteiger partial charge in [-0.15, -0.1) is 18.3 Å². The molecule has 1 aromatic heterocycles. The smallest absolute Gasteiger partial charge is 0.445 e. The zero-order chi connectivity index (χ0) is 27.6. The maximum Gasteiger partial charge on any atom is 0.573 e. The van der Waals surface area contributed by atoms with Crippen LogP contribution in [0.4, 0.5) is 18.0 Å². The van der Waals surface area contributed by atoms with Crippen molar-refractivity contribution in [1.29, 1.82) is 0 Å². The van der Waals surface area contributed by atoms with Crippen LogP contribution in [0.2, 0.25) is 5.02 Å². The number of piperazine rings is 1. The van der Waals surface area contributed by atoms with Gasteiger partial charge in [0.1, 0.15) is 17.9 Å². The largest absolute Gasteiger partial charge is 0.573 e. The van der Waals surface area contributed by atoms with Crippen LogP contribution >= 0.6 is 11.6 Å². The van der Waals surface area contributed by atoms with E-state index in [4.69, 9.17) is 16.3 Å². The fraction of sp³-hybridized carbons (Fsp3) is 0.440. The first kappa shape index (κ1) is 27.0. The Labute approximate surface area is 226 Å². The van der Waals surface area contributed by atoms with Crippen molar-refractivity contribution < 1.29 is 32.2 Å². The zero-order valence-corrected chi connectivity index (χ0v) is 21.5. The van der Waals surface area contributed by atoms with Crippen LogP contribution in [0.1, 0.15) is 28.8 Å². The Kier molecular flexibility index (Phi) is 7.80. The number of hydrogen-bond acceptors (Lipinski definition) is 7. The quantitative estimate of drug-likeness (QED) is 0.496. The van der Waals surface area contributed by atoms with Crippen LogP contribution < -0.4 is 4.74 Å². The molecule has 1 N–H and O–H groups in total. The maximum atomic E-state index is 13.1. The van der Waals surface area contributed by atoms with Gasteiger partial charge in [-0.05, 0) is 42.7 Å². The monoisotopic (exact) mass is 566 g/mol. The van der Waals surface area contributed by atoms with Gasteiger partial charge in [-0.25, -0.2) is 4.79 Å². The molecule has 14 heteroatoms. The number of ether oxygens (including phenoxy) is 2. The van der Waals surface area contributed by atoms with Gasteiger partial charge in [-0.1, -0.05) is 28.9 Å². The number of nitrogens with zero attached hydrogens (tertiary/aromatic N) is 5. The van der Waals surface area contributed by atoms with E-state index in [2.05, 4.69) is 25.0 Å². The molecule has 2 saturated heterocycles. The molecule has 0 aliphatic carbocycles. The van der Waals surface area contributed by atoms with E-state index in [9.17, 15) is 22.8 Å². The lowest BCUT2D eigenvalue weighted by molar-refractivity contribution is -0.274. The summed E-state index contributed by atoms with van der Waals surface area (Å²) in [5.74, 6) is -0.575. The summed E-state index contributed by atoms with van der Waals surface area (Å²) in [6.45, 7) is 3.61. The first-order valence-corrected chi connectivity index (χ1v) is 12.8. The molecule has 5 rings (SSSR count). The molecular formula is C25H26ClF3N6O4. The number of halogens is 4. The summed E-state index contributed by atoms with van der Waals surface area (Å²) in [7, 11) is 0. The number of aromatic nitrogens is 3. The number of likely N-dealkylation sites (tertiary alicyclic amines) is 1. The second-order valence-electron chi connectivity index (χ2n) is 9.43. The molecular weight excluding hydrogens is 541 g/mol. The number of alkyl halides is 3. The molecule has 10 nitrogen and oxygen atoms in total. The summed E-state index contributed by atoms with van der Waals surface area (Å²) < 4.78 is 46.4. The molecule has 3 aromatic rings. The van der Waals surface area contributed by atoms with E-state index < -0.39 is 18.2 Å². The molecule has 3 heterocycles. The van der Waals surface area contributed by atoms with Crippen molar-refractivity contribution >= 4 is 34.6 Å². The van der Waals surface area contributed by atoms with Crippen molar-refractivity contribution in [2.24, 2.45) is 0 Å². The Hall–Kier alpha value is -3.58. The lowest BCUT2D eigenvalue weighted by Gasteiger charge is -2.42. The third-order valence-corrected chi connectivity index (χ3v) is 7.31. The van der Waals surface area contributed by atoms with Crippen molar-refractivity contribution in [3.63, 3.8) is 0 Å². The molecule has 2 aliphatic rings. The van der Waals surface area contributed by atoms with Crippen LogP contribution in [0.5, 0.6) is 5.75 Å². The van der Waals surface area contributed by atoms with Crippen LogP contribution in [-0.2, 0) is 11.3 Å². The van der Waals surface area contributed by atoms with Gasteiger partial charge in [-0.3, -0.25) is 14.8 Å². The average molecular weight is 567 g/mol. The van der Waals surface area contributed by atoms with Gasteiger partial charge < -0.3 is 19.3 Å². The van der Waals surface area contributed by atoms with Gasteiger partial charge in [0.05, 0.1) is 16.1 Å². The minimum absolute atomic E-state index is 0.0597. The first-order valence-electron chi connectivity index (χ1n) is 12.5. The highest BCUT2D eigenvalue weighted by molar-refractivity contribution is 6.32. The SMILES string of the molecule is O=C(OCc1ccc(OC(F)(F)F)c(Cl)c1)N1CCC(N2CCN(C(=O)c3cccc4[nH]nnc34)CC2)CC1. The minimum Gasteiger partial charge on any atom is -0.445 e. The van der Waals surface area contributed by atoms with Gasteiger partial charge in [-0.2, -0.15) is 0 Å². The van der Waals surface area contributed by atoms with E-state index >= 15 is 0 Å². The van der Waals surface area contributed by atoms with E-state index in [1.165, 1.54) is 12.1 Å². The molecule has 208 valence electrons. The summed E-state index contributed by atoms with van der Waals surface area (Å²) in [5, 5.41) is 10.4. The molecule has 2 fully saturated rings. The molecule has 2 aromatic carbocycles. The van der Waals surface area contributed by atoms with Crippen LogP contribution in [0.15, 0.2) is 36.4 Å². The highest BCUT2D eigenvalue weighted by Gasteiger charge is 2.33. The van der Waals surface area contributed by atoms with Crippen LogP contribution in [0.3, 0.4) is 0 Å². The molecule has 0 saturated carbocycles. The van der Waals surface area contributed by atoms with Crippen molar-refractivity contribution in [2.45, 2.75) is 31.9 Å². The van der Waals surface area contributed by atoms with E-state index in [0.717, 1.165) is 37.5 Å². The molecule has 0 spiro atoms. The number of fused-ring (bicyclic) bond motifs is 1. The van der Waals surface area contributed by atoms with Gasteiger partial charge >= 0.3 is 12.5 Å². The Morgan fingerprint density at radius 1 is 1.03 bits per heavy atom. The second kappa shape index (κ2) is 11.3. The number of rotatable bonds is 5. The Balaban J connectivity index is 1.06. The van der Waals surface area contributed by atoms with Crippen molar-refractivity contribution in [3.05, 3.63) is 52.5 Å². The summed E-state index contributed by atoms with van der Waals surface area (Å²) in [6, 6.07) is 9.43. The number of piperidine rings is 1. The highest BCUT2D eigenvalue weighted by atomic mass is 35.5.